The van der Waals surface area contributed by atoms with Crippen molar-refractivity contribution in [2.24, 2.45) is 5.73 Å². The monoisotopic (exact) mass is 293 g/mol. The summed E-state index contributed by atoms with van der Waals surface area (Å²) in [4.78, 5) is 25.0. The van der Waals surface area contributed by atoms with Gasteiger partial charge in [0.25, 0.3) is 0 Å². The van der Waals surface area contributed by atoms with E-state index < -0.39 is 5.91 Å². The van der Waals surface area contributed by atoms with Crippen molar-refractivity contribution >= 4 is 11.8 Å². The quantitative estimate of drug-likeness (QED) is 0.641. The summed E-state index contributed by atoms with van der Waals surface area (Å²) in [5, 5.41) is 2.98. The number of methoxy groups -OCH3 is 1. The van der Waals surface area contributed by atoms with Crippen LogP contribution in [0.25, 0.3) is 0 Å². The Kier molecular flexibility index (Phi) is 7.42. The topological polar surface area (TPSA) is 84.7 Å². The number of nitrogens with two attached hydrogens (primary N) is 1. The lowest BCUT2D eigenvalue weighted by atomic mass is 10.1. The fraction of sp³-hybridized carbons (Fsp3) is 0.467. The molecule has 2 amide bonds. The molecule has 0 saturated carbocycles. The van der Waals surface area contributed by atoms with Crippen molar-refractivity contribution in [2.45, 2.75) is 13.0 Å². The summed E-state index contributed by atoms with van der Waals surface area (Å²) in [6, 6.07) is 9.33. The summed E-state index contributed by atoms with van der Waals surface area (Å²) in [7, 11) is 1.60. The van der Waals surface area contributed by atoms with E-state index in [2.05, 4.69) is 5.32 Å². The minimum Gasteiger partial charge on any atom is -0.383 e. The second-order valence-corrected chi connectivity index (χ2v) is 4.74. The fourth-order valence-electron chi connectivity index (χ4n) is 1.99. The molecule has 0 fully saturated rings. The molecule has 0 bridgehead atoms. The number of nitrogens with one attached hydrogen (secondary N) is 1. The highest BCUT2D eigenvalue weighted by atomic mass is 16.5. The Morgan fingerprint density at radius 2 is 2.00 bits per heavy atom. The average Bonchev–Trinajstić information content (AvgIpc) is 2.49. The zero-order valence-corrected chi connectivity index (χ0v) is 12.5. The number of carbonyl (C=O) groups excluding carboxylic acids is 2. The van der Waals surface area contributed by atoms with Crippen molar-refractivity contribution in [1.82, 2.24) is 10.2 Å². The second-order valence-electron chi connectivity index (χ2n) is 4.74. The highest BCUT2D eigenvalue weighted by Crippen LogP contribution is 2.19. The van der Waals surface area contributed by atoms with E-state index in [1.54, 1.807) is 7.11 Å². The first-order chi connectivity index (χ1) is 10.1. The van der Waals surface area contributed by atoms with E-state index in [1.165, 1.54) is 4.90 Å². The number of carbonyl (C=O) groups is 2. The van der Waals surface area contributed by atoms with Gasteiger partial charge in [0.15, 0.2) is 0 Å². The largest absolute Gasteiger partial charge is 0.383 e. The van der Waals surface area contributed by atoms with Gasteiger partial charge in [-0.05, 0) is 12.5 Å². The van der Waals surface area contributed by atoms with E-state index in [4.69, 9.17) is 10.5 Å². The number of rotatable bonds is 9. The van der Waals surface area contributed by atoms with Crippen LogP contribution < -0.4 is 11.1 Å². The van der Waals surface area contributed by atoms with E-state index >= 15 is 0 Å². The normalized spacial score (nSPS) is 11.9. The number of amides is 2. The SMILES string of the molecule is COCCNCC(=O)N(CC(N)=O)[C@H](C)c1ccccc1. The van der Waals surface area contributed by atoms with Crippen molar-refractivity contribution in [3.05, 3.63) is 35.9 Å². The lowest BCUT2D eigenvalue weighted by Gasteiger charge is -2.28. The molecule has 0 heterocycles. The minimum atomic E-state index is -0.525. The third-order valence-corrected chi connectivity index (χ3v) is 3.16. The first kappa shape index (κ1) is 17.1. The Morgan fingerprint density at radius 1 is 1.33 bits per heavy atom. The lowest BCUT2D eigenvalue weighted by Crippen LogP contribution is -2.44. The Balaban J connectivity index is 2.70. The van der Waals surface area contributed by atoms with Crippen LogP contribution in [0.2, 0.25) is 0 Å². The van der Waals surface area contributed by atoms with Crippen LogP contribution in [0.5, 0.6) is 0 Å². The van der Waals surface area contributed by atoms with Gasteiger partial charge in [-0.15, -0.1) is 0 Å². The van der Waals surface area contributed by atoms with Crippen molar-refractivity contribution in [3.63, 3.8) is 0 Å². The molecule has 3 N–H and O–H groups in total. The summed E-state index contributed by atoms with van der Waals surface area (Å²) >= 11 is 0. The Labute approximate surface area is 125 Å². The van der Waals surface area contributed by atoms with Gasteiger partial charge >= 0.3 is 0 Å². The minimum absolute atomic E-state index is 0.0964. The smallest absolute Gasteiger partial charge is 0.237 e. The highest BCUT2D eigenvalue weighted by Gasteiger charge is 2.22. The molecule has 0 aliphatic carbocycles. The molecule has 1 aromatic rings. The van der Waals surface area contributed by atoms with Crippen LogP contribution in [0.3, 0.4) is 0 Å². The van der Waals surface area contributed by atoms with Crippen molar-refractivity contribution < 1.29 is 14.3 Å². The standard InChI is InChI=1S/C15H23N3O3/c1-12(13-6-4-3-5-7-13)18(11-14(16)19)15(20)10-17-8-9-21-2/h3-7,12,17H,8-11H2,1-2H3,(H2,16,19)/t12-/m1/s1. The Morgan fingerprint density at radius 3 is 2.57 bits per heavy atom. The van der Waals surface area contributed by atoms with E-state index in [-0.39, 0.29) is 25.0 Å². The number of benzene rings is 1. The lowest BCUT2D eigenvalue weighted by molar-refractivity contribution is -0.136. The van der Waals surface area contributed by atoms with Gasteiger partial charge in [-0.25, -0.2) is 0 Å². The molecule has 0 unspecified atom stereocenters. The maximum atomic E-state index is 12.3. The van der Waals surface area contributed by atoms with Gasteiger partial charge in [-0.3, -0.25) is 9.59 Å². The molecule has 21 heavy (non-hydrogen) atoms. The number of hydrogen-bond donors (Lipinski definition) is 2. The molecule has 0 saturated heterocycles. The van der Waals surface area contributed by atoms with Crippen LogP contribution in [0.15, 0.2) is 30.3 Å². The maximum absolute atomic E-state index is 12.3. The summed E-state index contributed by atoms with van der Waals surface area (Å²) in [5.74, 6) is -0.690. The molecular weight excluding hydrogens is 270 g/mol. The van der Waals surface area contributed by atoms with Gasteiger partial charge < -0.3 is 20.7 Å². The van der Waals surface area contributed by atoms with Crippen molar-refractivity contribution in [2.75, 3.05) is 33.4 Å². The summed E-state index contributed by atoms with van der Waals surface area (Å²) in [6.07, 6.45) is 0. The van der Waals surface area contributed by atoms with E-state index in [9.17, 15) is 9.59 Å². The van der Waals surface area contributed by atoms with Crippen molar-refractivity contribution in [3.8, 4) is 0 Å². The molecular formula is C15H23N3O3. The molecule has 0 aliphatic heterocycles. The summed E-state index contributed by atoms with van der Waals surface area (Å²) in [6.45, 7) is 3.03. The first-order valence-corrected chi connectivity index (χ1v) is 6.88. The molecule has 1 atom stereocenters. The van der Waals surface area contributed by atoms with Crippen LogP contribution in [0.1, 0.15) is 18.5 Å². The molecule has 6 heteroatoms. The fourth-order valence-corrected chi connectivity index (χ4v) is 1.99. The Hall–Kier alpha value is -1.92. The molecule has 1 rings (SSSR count). The predicted octanol–water partition coefficient (Wildman–Crippen LogP) is 0.298. The maximum Gasteiger partial charge on any atom is 0.237 e. The highest BCUT2D eigenvalue weighted by molar-refractivity contribution is 5.85. The molecule has 6 nitrogen and oxygen atoms in total. The molecule has 116 valence electrons. The van der Waals surface area contributed by atoms with E-state index in [0.717, 1.165) is 5.56 Å². The van der Waals surface area contributed by atoms with Gasteiger partial charge in [-0.2, -0.15) is 0 Å². The number of hydrogen-bond acceptors (Lipinski definition) is 4. The van der Waals surface area contributed by atoms with E-state index in [0.29, 0.717) is 13.2 Å². The number of ether oxygens (including phenoxy) is 1. The van der Waals surface area contributed by atoms with Gasteiger partial charge in [0.05, 0.1) is 25.7 Å². The van der Waals surface area contributed by atoms with Crippen LogP contribution in [-0.4, -0.2) is 50.1 Å². The van der Waals surface area contributed by atoms with Gasteiger partial charge in [0, 0.05) is 13.7 Å². The van der Waals surface area contributed by atoms with Crippen LogP contribution in [-0.2, 0) is 14.3 Å². The zero-order chi connectivity index (χ0) is 15.7. The molecule has 0 aliphatic rings. The van der Waals surface area contributed by atoms with E-state index in [1.807, 2.05) is 37.3 Å². The van der Waals surface area contributed by atoms with Gasteiger partial charge in [0.2, 0.25) is 11.8 Å². The molecule has 1 aromatic carbocycles. The van der Waals surface area contributed by atoms with Gasteiger partial charge in [-0.1, -0.05) is 30.3 Å². The first-order valence-electron chi connectivity index (χ1n) is 6.88. The average molecular weight is 293 g/mol. The van der Waals surface area contributed by atoms with Gasteiger partial charge in [0.1, 0.15) is 0 Å². The third kappa shape index (κ3) is 5.93. The second kappa shape index (κ2) is 9.10. The van der Waals surface area contributed by atoms with Crippen LogP contribution >= 0.6 is 0 Å². The van der Waals surface area contributed by atoms with Crippen molar-refractivity contribution in [1.29, 1.82) is 0 Å². The predicted molar refractivity (Wildman–Crippen MR) is 80.5 cm³/mol. The molecule has 0 aromatic heterocycles. The van der Waals surface area contributed by atoms with Crippen LogP contribution in [0, 0.1) is 0 Å². The summed E-state index contributed by atoms with van der Waals surface area (Å²) in [5.41, 5.74) is 6.21. The third-order valence-electron chi connectivity index (χ3n) is 3.16. The molecule has 0 radical (unpaired) electrons. The number of primary amides is 1. The molecule has 0 spiro atoms. The summed E-state index contributed by atoms with van der Waals surface area (Å²) < 4.78 is 4.90. The Bertz CT molecular complexity index is 451. The zero-order valence-electron chi connectivity index (χ0n) is 12.5. The number of nitrogens with zero attached hydrogens (tertiary/aromatic N) is 1. The van der Waals surface area contributed by atoms with Crippen LogP contribution in [0.4, 0.5) is 0 Å².